The molecule has 6 nitrogen and oxygen atoms in total. The summed E-state index contributed by atoms with van der Waals surface area (Å²) in [4.78, 5) is 22.0. The molecule has 0 aliphatic heterocycles. The molecular formula is C21H20N4O2. The number of carbonyl (C=O) groups is 1. The Bertz CT molecular complexity index is 1170. The number of esters is 1. The van der Waals surface area contributed by atoms with Crippen molar-refractivity contribution < 1.29 is 9.53 Å². The van der Waals surface area contributed by atoms with Crippen LogP contribution in [0.2, 0.25) is 0 Å². The van der Waals surface area contributed by atoms with Gasteiger partial charge in [0.2, 0.25) is 0 Å². The number of aryl methyl sites for hydroxylation is 2. The van der Waals surface area contributed by atoms with E-state index in [1.807, 2.05) is 50.2 Å². The topological polar surface area (TPSA) is 83.0 Å². The zero-order valence-corrected chi connectivity index (χ0v) is 15.5. The molecule has 0 unspecified atom stereocenters. The van der Waals surface area contributed by atoms with Crippen molar-refractivity contribution in [3.05, 3.63) is 59.2 Å². The lowest BCUT2D eigenvalue weighted by Crippen LogP contribution is -2.09. The maximum absolute atomic E-state index is 12.6. The van der Waals surface area contributed by atoms with Crippen molar-refractivity contribution >= 4 is 34.0 Å². The van der Waals surface area contributed by atoms with Crippen LogP contribution in [-0.4, -0.2) is 27.1 Å². The van der Waals surface area contributed by atoms with Crippen LogP contribution in [0.4, 0.5) is 5.82 Å². The summed E-state index contributed by atoms with van der Waals surface area (Å²) in [6.45, 7) is 6.06. The number of benzene rings is 2. The van der Waals surface area contributed by atoms with Gasteiger partial charge in [-0.05, 0) is 56.2 Å². The second-order valence-electron chi connectivity index (χ2n) is 6.55. The van der Waals surface area contributed by atoms with Crippen molar-refractivity contribution in [2.45, 2.75) is 20.8 Å². The number of rotatable bonds is 3. The molecule has 2 N–H and O–H groups in total. The highest BCUT2D eigenvalue weighted by molar-refractivity contribution is 6.09. The first-order valence-electron chi connectivity index (χ1n) is 8.82. The van der Waals surface area contributed by atoms with Crippen LogP contribution >= 0.6 is 0 Å². The number of hydrogen-bond donors (Lipinski definition) is 1. The molecule has 6 heteroatoms. The van der Waals surface area contributed by atoms with Gasteiger partial charge >= 0.3 is 5.97 Å². The quantitative estimate of drug-likeness (QED) is 0.559. The SMILES string of the molecule is CCOC(=O)c1c(N)n(-c2cc(C)cc(C)c2)c2nc3ccccc3nc12. The molecular weight excluding hydrogens is 340 g/mol. The van der Waals surface area contributed by atoms with E-state index < -0.39 is 5.97 Å². The molecule has 0 radical (unpaired) electrons. The van der Waals surface area contributed by atoms with Gasteiger partial charge < -0.3 is 10.5 Å². The Morgan fingerprint density at radius 3 is 2.33 bits per heavy atom. The average molecular weight is 360 g/mol. The molecule has 0 fully saturated rings. The number of para-hydroxylation sites is 2. The van der Waals surface area contributed by atoms with Gasteiger partial charge in [0, 0.05) is 5.69 Å². The number of hydrogen-bond acceptors (Lipinski definition) is 5. The monoisotopic (exact) mass is 360 g/mol. The molecule has 2 aromatic heterocycles. The first kappa shape index (κ1) is 17.0. The Kier molecular flexibility index (Phi) is 4.03. The summed E-state index contributed by atoms with van der Waals surface area (Å²) < 4.78 is 7.00. The van der Waals surface area contributed by atoms with Crippen LogP contribution < -0.4 is 5.73 Å². The molecule has 2 aromatic carbocycles. The van der Waals surface area contributed by atoms with E-state index in [-0.39, 0.29) is 18.0 Å². The molecule has 136 valence electrons. The van der Waals surface area contributed by atoms with E-state index in [0.29, 0.717) is 16.7 Å². The number of nitrogens with two attached hydrogens (primary N) is 1. The third kappa shape index (κ3) is 2.79. The van der Waals surface area contributed by atoms with Crippen LogP contribution in [-0.2, 0) is 4.74 Å². The smallest absolute Gasteiger partial charge is 0.344 e. The van der Waals surface area contributed by atoms with Crippen molar-refractivity contribution in [1.82, 2.24) is 14.5 Å². The van der Waals surface area contributed by atoms with Gasteiger partial charge in [-0.2, -0.15) is 0 Å². The molecule has 0 spiro atoms. The van der Waals surface area contributed by atoms with Crippen molar-refractivity contribution in [3.63, 3.8) is 0 Å². The summed E-state index contributed by atoms with van der Waals surface area (Å²) in [5.74, 6) is -0.212. The maximum atomic E-state index is 12.6. The Balaban J connectivity index is 2.12. The lowest BCUT2D eigenvalue weighted by atomic mass is 10.1. The molecule has 0 bridgehead atoms. The molecule has 4 aromatic rings. The van der Waals surface area contributed by atoms with Crippen molar-refractivity contribution in [2.24, 2.45) is 0 Å². The Morgan fingerprint density at radius 1 is 1.07 bits per heavy atom. The van der Waals surface area contributed by atoms with E-state index in [9.17, 15) is 4.79 Å². The summed E-state index contributed by atoms with van der Waals surface area (Å²) in [7, 11) is 0. The minimum Gasteiger partial charge on any atom is -0.462 e. The molecule has 0 atom stereocenters. The number of anilines is 1. The minimum atomic E-state index is -0.493. The normalized spacial score (nSPS) is 11.2. The molecule has 0 amide bonds. The van der Waals surface area contributed by atoms with Gasteiger partial charge in [-0.15, -0.1) is 0 Å². The second-order valence-corrected chi connectivity index (χ2v) is 6.55. The number of ether oxygens (including phenoxy) is 1. The highest BCUT2D eigenvalue weighted by Gasteiger charge is 2.25. The fourth-order valence-corrected chi connectivity index (χ4v) is 3.41. The lowest BCUT2D eigenvalue weighted by Gasteiger charge is -2.10. The summed E-state index contributed by atoms with van der Waals surface area (Å²) in [5.41, 5.74) is 12.1. The van der Waals surface area contributed by atoms with Crippen LogP contribution in [0.5, 0.6) is 0 Å². The molecule has 0 saturated carbocycles. The van der Waals surface area contributed by atoms with Crippen LogP contribution in [0.15, 0.2) is 42.5 Å². The van der Waals surface area contributed by atoms with Gasteiger partial charge in [0.25, 0.3) is 0 Å². The number of nitrogen functional groups attached to an aromatic ring is 1. The van der Waals surface area contributed by atoms with Gasteiger partial charge in [0.1, 0.15) is 16.9 Å². The van der Waals surface area contributed by atoms with E-state index in [2.05, 4.69) is 11.1 Å². The zero-order valence-electron chi connectivity index (χ0n) is 15.5. The van der Waals surface area contributed by atoms with E-state index in [1.54, 1.807) is 11.5 Å². The highest BCUT2D eigenvalue weighted by Crippen LogP contribution is 2.32. The Hall–Kier alpha value is -3.41. The predicted molar refractivity (Wildman–Crippen MR) is 106 cm³/mol. The fourth-order valence-electron chi connectivity index (χ4n) is 3.41. The van der Waals surface area contributed by atoms with Gasteiger partial charge in [-0.25, -0.2) is 14.8 Å². The van der Waals surface area contributed by atoms with E-state index in [4.69, 9.17) is 15.5 Å². The van der Waals surface area contributed by atoms with Crippen LogP contribution in [0.1, 0.15) is 28.4 Å². The third-order valence-corrected chi connectivity index (χ3v) is 4.44. The average Bonchev–Trinajstić information content (AvgIpc) is 2.90. The van der Waals surface area contributed by atoms with Gasteiger partial charge in [-0.3, -0.25) is 4.57 Å². The number of aromatic nitrogens is 3. The molecule has 2 heterocycles. The molecule has 0 aliphatic rings. The van der Waals surface area contributed by atoms with Crippen molar-refractivity contribution in [3.8, 4) is 5.69 Å². The van der Waals surface area contributed by atoms with E-state index in [0.717, 1.165) is 22.3 Å². The van der Waals surface area contributed by atoms with Crippen LogP contribution in [0.25, 0.3) is 27.9 Å². The standard InChI is InChI=1S/C21H20N4O2/c1-4-27-21(26)17-18-20(24-16-8-6-5-7-15(16)23-18)25(19(17)22)14-10-12(2)9-13(3)11-14/h5-11H,4,22H2,1-3H3. The number of nitrogens with zero attached hydrogens (tertiary/aromatic N) is 3. The third-order valence-electron chi connectivity index (χ3n) is 4.44. The van der Waals surface area contributed by atoms with E-state index in [1.165, 1.54) is 0 Å². The van der Waals surface area contributed by atoms with Crippen molar-refractivity contribution in [2.75, 3.05) is 12.3 Å². The second kappa shape index (κ2) is 6.39. The van der Waals surface area contributed by atoms with E-state index >= 15 is 0 Å². The Labute approximate surface area is 156 Å². The van der Waals surface area contributed by atoms with Crippen molar-refractivity contribution in [1.29, 1.82) is 0 Å². The van der Waals surface area contributed by atoms with Gasteiger partial charge in [0.05, 0.1) is 17.6 Å². The first-order valence-corrected chi connectivity index (χ1v) is 8.82. The summed E-state index contributed by atoms with van der Waals surface area (Å²) in [6, 6.07) is 13.6. The fraction of sp³-hybridized carbons (Fsp3) is 0.190. The summed E-state index contributed by atoms with van der Waals surface area (Å²) >= 11 is 0. The minimum absolute atomic E-state index is 0.254. The highest BCUT2D eigenvalue weighted by atomic mass is 16.5. The maximum Gasteiger partial charge on any atom is 0.344 e. The number of carbonyl (C=O) groups excluding carboxylic acids is 1. The van der Waals surface area contributed by atoms with Gasteiger partial charge in [0.15, 0.2) is 5.65 Å². The predicted octanol–water partition coefficient (Wildman–Crippen LogP) is 3.95. The first-order chi connectivity index (χ1) is 13.0. The Morgan fingerprint density at radius 2 is 1.70 bits per heavy atom. The van der Waals surface area contributed by atoms with Crippen LogP contribution in [0.3, 0.4) is 0 Å². The molecule has 0 aliphatic carbocycles. The summed E-state index contributed by atoms with van der Waals surface area (Å²) in [6.07, 6.45) is 0. The van der Waals surface area contributed by atoms with Gasteiger partial charge in [-0.1, -0.05) is 18.2 Å². The molecule has 0 saturated heterocycles. The largest absolute Gasteiger partial charge is 0.462 e. The zero-order chi connectivity index (χ0) is 19.1. The molecule has 27 heavy (non-hydrogen) atoms. The number of fused-ring (bicyclic) bond motifs is 2. The lowest BCUT2D eigenvalue weighted by molar-refractivity contribution is 0.0529. The molecule has 4 rings (SSSR count). The summed E-state index contributed by atoms with van der Waals surface area (Å²) in [5, 5.41) is 0. The van der Waals surface area contributed by atoms with Crippen LogP contribution in [0, 0.1) is 13.8 Å².